The fourth-order valence-electron chi connectivity index (χ4n) is 3.67. The number of hydrogen-bond acceptors (Lipinski definition) is 2. The van der Waals surface area contributed by atoms with Gasteiger partial charge >= 0.3 is 0 Å². The maximum atomic E-state index is 8.05. The van der Waals surface area contributed by atoms with Crippen molar-refractivity contribution < 1.29 is 12.6 Å². The van der Waals surface area contributed by atoms with E-state index in [0.29, 0.717) is 28.0 Å². The van der Waals surface area contributed by atoms with Crippen molar-refractivity contribution in [3.05, 3.63) is 89.6 Å². The maximum absolute atomic E-state index is 8.05. The van der Waals surface area contributed by atoms with Crippen LogP contribution < -0.4 is 0 Å². The van der Waals surface area contributed by atoms with E-state index in [2.05, 4.69) is 4.98 Å². The molecule has 0 aliphatic rings. The van der Waals surface area contributed by atoms with Crippen LogP contribution in [0, 0.1) is 20.6 Å². The largest absolute Gasteiger partial charge is 0.455 e. The number of rotatable bonds is 2. The van der Waals surface area contributed by atoms with Crippen LogP contribution in [0.5, 0.6) is 0 Å². The Kier molecular flexibility index (Phi) is 2.60. The highest BCUT2D eigenvalue weighted by molar-refractivity contribution is 6.09. The molecule has 2 nitrogen and oxygen atoms in total. The van der Waals surface area contributed by atoms with Crippen molar-refractivity contribution in [2.45, 2.75) is 20.6 Å². The molecule has 0 radical (unpaired) electrons. The van der Waals surface area contributed by atoms with E-state index in [-0.39, 0.29) is 11.1 Å². The van der Waals surface area contributed by atoms with Crippen LogP contribution in [0.25, 0.3) is 44.3 Å². The molecule has 0 unspecified atom stereocenters. The molecule has 0 spiro atoms. The molecule has 2 heterocycles. The molecule has 0 saturated carbocycles. The molecule has 3 aromatic carbocycles. The van der Waals surface area contributed by atoms with Gasteiger partial charge in [-0.25, -0.2) is 0 Å². The minimum absolute atomic E-state index is 0.00221. The zero-order valence-electron chi connectivity index (χ0n) is 21.3. The van der Waals surface area contributed by atoms with Crippen molar-refractivity contribution in [2.75, 3.05) is 0 Å². The van der Waals surface area contributed by atoms with Crippen molar-refractivity contribution in [3.63, 3.8) is 0 Å². The molecule has 0 atom stereocenters. The third-order valence-electron chi connectivity index (χ3n) is 5.05. The van der Waals surface area contributed by atoms with Gasteiger partial charge in [-0.05, 0) is 61.1 Å². The fourth-order valence-corrected chi connectivity index (χ4v) is 3.67. The van der Waals surface area contributed by atoms with Crippen LogP contribution in [0.3, 0.4) is 0 Å². The van der Waals surface area contributed by atoms with Gasteiger partial charge in [0.15, 0.2) is 0 Å². The molecule has 2 aromatic heterocycles. The number of aromatic nitrogens is 1. The zero-order valence-corrected chi connectivity index (χ0v) is 15.3. The summed E-state index contributed by atoms with van der Waals surface area (Å²) < 4.78 is 54.4. The molecule has 136 valence electrons. The fraction of sp³-hybridized carbons (Fsp3) is 0.115. The highest BCUT2D eigenvalue weighted by Crippen LogP contribution is 2.37. The zero-order chi connectivity index (χ0) is 24.3. The van der Waals surface area contributed by atoms with E-state index >= 15 is 0 Å². The summed E-state index contributed by atoms with van der Waals surface area (Å²) in [6.07, 6.45) is 1.32. The van der Waals surface area contributed by atoms with E-state index in [1.807, 2.05) is 49.4 Å². The van der Waals surface area contributed by atoms with Crippen LogP contribution >= 0.6 is 0 Å². The van der Waals surface area contributed by atoms with Crippen LogP contribution in [-0.4, -0.2) is 4.98 Å². The minimum atomic E-state index is -2.47. The van der Waals surface area contributed by atoms with Gasteiger partial charge in [0.05, 0.1) is 5.69 Å². The second kappa shape index (κ2) is 6.35. The first kappa shape index (κ1) is 11.5. The van der Waals surface area contributed by atoms with Crippen molar-refractivity contribution in [3.8, 4) is 22.4 Å². The Morgan fingerprint density at radius 3 is 2.54 bits per heavy atom. The lowest BCUT2D eigenvalue weighted by molar-refractivity contribution is 0.670. The molecule has 0 saturated heterocycles. The van der Waals surface area contributed by atoms with E-state index in [1.165, 1.54) is 6.20 Å². The van der Waals surface area contributed by atoms with Crippen LogP contribution in [0.4, 0.5) is 0 Å². The quantitative estimate of drug-likeness (QED) is 0.328. The second-order valence-electron chi connectivity index (χ2n) is 6.94. The van der Waals surface area contributed by atoms with Crippen molar-refractivity contribution in [1.29, 1.82) is 0 Å². The van der Waals surface area contributed by atoms with Crippen molar-refractivity contribution in [1.82, 2.24) is 4.98 Å². The third-order valence-corrected chi connectivity index (χ3v) is 5.05. The SMILES string of the molecule is [2H]C([2H])([2H])c1cnc(-c2cccc3c2oc2ccccc23)cc1-c1ccc(C)cc1C([2H])([2H])[2H]. The number of pyridine rings is 1. The van der Waals surface area contributed by atoms with Gasteiger partial charge in [0.1, 0.15) is 11.2 Å². The summed E-state index contributed by atoms with van der Waals surface area (Å²) in [6, 6.07) is 20.2. The lowest BCUT2D eigenvalue weighted by atomic mass is 9.94. The number of para-hydroxylation sites is 2. The molecular weight excluding hydrogens is 342 g/mol. The average molecular weight is 369 g/mol. The maximum Gasteiger partial charge on any atom is 0.144 e. The van der Waals surface area contributed by atoms with Gasteiger partial charge in [-0.3, -0.25) is 4.98 Å². The van der Waals surface area contributed by atoms with Gasteiger partial charge in [-0.1, -0.05) is 54.1 Å². The third kappa shape index (κ3) is 2.61. The Labute approximate surface area is 172 Å². The first-order chi connectivity index (χ1) is 16.0. The van der Waals surface area contributed by atoms with Gasteiger partial charge in [0, 0.05) is 30.8 Å². The van der Waals surface area contributed by atoms with Crippen LogP contribution in [-0.2, 0) is 0 Å². The van der Waals surface area contributed by atoms with E-state index in [9.17, 15) is 0 Å². The molecule has 5 aromatic rings. The van der Waals surface area contributed by atoms with E-state index in [4.69, 9.17) is 12.6 Å². The average Bonchev–Trinajstić information content (AvgIpc) is 3.16. The number of nitrogens with zero attached hydrogens (tertiary/aromatic N) is 1. The predicted octanol–water partition coefficient (Wildman–Crippen LogP) is 7.24. The number of hydrogen-bond donors (Lipinski definition) is 0. The molecule has 0 N–H and O–H groups in total. The number of aryl methyl sites for hydroxylation is 3. The van der Waals surface area contributed by atoms with Crippen LogP contribution in [0.15, 0.2) is 77.3 Å². The molecule has 0 aliphatic heterocycles. The summed E-state index contributed by atoms with van der Waals surface area (Å²) in [5, 5.41) is 1.90. The summed E-state index contributed by atoms with van der Waals surface area (Å²) in [4.78, 5) is 4.47. The Bertz CT molecular complexity index is 1550. The summed E-state index contributed by atoms with van der Waals surface area (Å²) in [6.45, 7) is -3.07. The van der Waals surface area contributed by atoms with Crippen molar-refractivity contribution in [2.24, 2.45) is 0 Å². The molecular formula is C26H21NO. The Hall–Kier alpha value is -3.39. The van der Waals surface area contributed by atoms with Gasteiger partial charge in [-0.15, -0.1) is 0 Å². The molecule has 5 rings (SSSR count). The first-order valence-electron chi connectivity index (χ1n) is 12.1. The highest BCUT2D eigenvalue weighted by Gasteiger charge is 2.14. The molecule has 0 amide bonds. The van der Waals surface area contributed by atoms with E-state index in [1.54, 1.807) is 24.3 Å². The molecule has 2 heteroatoms. The van der Waals surface area contributed by atoms with Crippen LogP contribution in [0.2, 0.25) is 0 Å². The van der Waals surface area contributed by atoms with E-state index < -0.39 is 13.7 Å². The van der Waals surface area contributed by atoms with Crippen LogP contribution in [0.1, 0.15) is 24.9 Å². The number of fused-ring (bicyclic) bond motifs is 3. The van der Waals surface area contributed by atoms with Gasteiger partial charge in [0.2, 0.25) is 0 Å². The molecule has 0 fully saturated rings. The first-order valence-corrected chi connectivity index (χ1v) is 9.07. The van der Waals surface area contributed by atoms with E-state index in [0.717, 1.165) is 21.9 Å². The normalized spacial score (nSPS) is 15.5. The Morgan fingerprint density at radius 2 is 1.64 bits per heavy atom. The van der Waals surface area contributed by atoms with Gasteiger partial charge < -0.3 is 4.42 Å². The lowest BCUT2D eigenvalue weighted by Crippen LogP contribution is -1.92. The smallest absolute Gasteiger partial charge is 0.144 e. The monoisotopic (exact) mass is 369 g/mol. The minimum Gasteiger partial charge on any atom is -0.455 e. The summed E-state index contributed by atoms with van der Waals surface area (Å²) in [5.74, 6) is 0. The van der Waals surface area contributed by atoms with Gasteiger partial charge in [0.25, 0.3) is 0 Å². The molecule has 28 heavy (non-hydrogen) atoms. The standard InChI is InChI=1S/C26H21NO/c1-16-11-12-19(17(2)13-16)23-14-24(27-15-18(23)3)22-9-6-8-21-20-7-4-5-10-25(20)28-26(21)22/h4-15H,1-3H3/i2D3,3D3. The van der Waals surface area contributed by atoms with Crippen molar-refractivity contribution >= 4 is 21.9 Å². The highest BCUT2D eigenvalue weighted by atomic mass is 16.3. The topological polar surface area (TPSA) is 26.0 Å². The Balaban J connectivity index is 1.80. The summed E-state index contributed by atoms with van der Waals surface area (Å²) in [7, 11) is 0. The molecule has 0 aliphatic carbocycles. The molecule has 0 bridgehead atoms. The summed E-state index contributed by atoms with van der Waals surface area (Å²) >= 11 is 0. The lowest BCUT2D eigenvalue weighted by Gasteiger charge is -2.12. The Morgan fingerprint density at radius 1 is 0.786 bits per heavy atom. The second-order valence-corrected chi connectivity index (χ2v) is 6.94. The van der Waals surface area contributed by atoms with Gasteiger partial charge in [-0.2, -0.15) is 0 Å². The summed E-state index contributed by atoms with van der Waals surface area (Å²) in [5.41, 5.74) is 4.17. The number of benzene rings is 3. The predicted molar refractivity (Wildman–Crippen MR) is 117 cm³/mol. The number of furan rings is 1.